The SMILES string of the molecule is Cc1ccc(-c2c(-c3ccc(S(C)(=O)=O)cc3)oc3ccccc3c2=O)cn1. The third-order valence-electron chi connectivity index (χ3n) is 4.54. The van der Waals surface area contributed by atoms with Crippen LogP contribution in [0.5, 0.6) is 0 Å². The molecule has 28 heavy (non-hydrogen) atoms. The van der Waals surface area contributed by atoms with Crippen molar-refractivity contribution in [2.24, 2.45) is 0 Å². The molecule has 6 heteroatoms. The lowest BCUT2D eigenvalue weighted by molar-refractivity contribution is 0.601. The second-order valence-corrected chi connectivity index (χ2v) is 8.63. The number of aryl methyl sites for hydroxylation is 1. The molecule has 140 valence electrons. The fraction of sp³-hybridized carbons (Fsp3) is 0.0909. The van der Waals surface area contributed by atoms with Gasteiger partial charge in [-0.25, -0.2) is 8.42 Å². The van der Waals surface area contributed by atoms with Gasteiger partial charge in [0, 0.05) is 29.3 Å². The molecular weight excluding hydrogens is 374 g/mol. The first kappa shape index (κ1) is 18.1. The van der Waals surface area contributed by atoms with Gasteiger partial charge in [-0.2, -0.15) is 0 Å². The number of fused-ring (bicyclic) bond motifs is 1. The fourth-order valence-corrected chi connectivity index (χ4v) is 3.71. The van der Waals surface area contributed by atoms with Crippen molar-refractivity contribution in [3.8, 4) is 22.5 Å². The Morgan fingerprint density at radius 2 is 1.57 bits per heavy atom. The van der Waals surface area contributed by atoms with Crippen molar-refractivity contribution >= 4 is 20.8 Å². The lowest BCUT2D eigenvalue weighted by Crippen LogP contribution is -2.07. The summed E-state index contributed by atoms with van der Waals surface area (Å²) in [5.74, 6) is 0.384. The Labute approximate surface area is 162 Å². The normalized spacial score (nSPS) is 11.6. The van der Waals surface area contributed by atoms with Gasteiger partial charge in [0.05, 0.1) is 15.8 Å². The van der Waals surface area contributed by atoms with Crippen molar-refractivity contribution in [2.75, 3.05) is 6.26 Å². The predicted molar refractivity (Wildman–Crippen MR) is 109 cm³/mol. The van der Waals surface area contributed by atoms with Crippen LogP contribution in [-0.2, 0) is 9.84 Å². The molecular formula is C22H17NO4S. The van der Waals surface area contributed by atoms with Gasteiger partial charge < -0.3 is 4.42 Å². The number of rotatable bonds is 3. The van der Waals surface area contributed by atoms with Gasteiger partial charge in [0.25, 0.3) is 0 Å². The Kier molecular flexibility index (Phi) is 4.35. The highest BCUT2D eigenvalue weighted by molar-refractivity contribution is 7.90. The largest absolute Gasteiger partial charge is 0.455 e. The molecule has 4 aromatic rings. The first-order valence-corrected chi connectivity index (χ1v) is 10.5. The average molecular weight is 391 g/mol. The molecule has 2 heterocycles. The molecule has 2 aromatic carbocycles. The zero-order valence-electron chi connectivity index (χ0n) is 15.3. The predicted octanol–water partition coefficient (Wildman–Crippen LogP) is 4.23. The van der Waals surface area contributed by atoms with E-state index in [-0.39, 0.29) is 10.3 Å². The van der Waals surface area contributed by atoms with Gasteiger partial charge in [0.2, 0.25) is 5.43 Å². The molecule has 0 fully saturated rings. The molecule has 0 bridgehead atoms. The average Bonchev–Trinajstić information content (AvgIpc) is 2.68. The van der Waals surface area contributed by atoms with Gasteiger partial charge in [0.1, 0.15) is 11.3 Å². The minimum atomic E-state index is -3.31. The highest BCUT2D eigenvalue weighted by Gasteiger charge is 2.18. The van der Waals surface area contributed by atoms with Crippen molar-refractivity contribution in [1.29, 1.82) is 0 Å². The number of para-hydroxylation sites is 1. The third-order valence-corrected chi connectivity index (χ3v) is 5.67. The Morgan fingerprint density at radius 1 is 0.893 bits per heavy atom. The molecule has 0 aliphatic heterocycles. The Bertz CT molecular complexity index is 1340. The van der Waals surface area contributed by atoms with Crippen molar-refractivity contribution < 1.29 is 12.8 Å². The van der Waals surface area contributed by atoms with Crippen molar-refractivity contribution in [1.82, 2.24) is 4.98 Å². The Hall–Kier alpha value is -3.25. The molecule has 0 N–H and O–H groups in total. The molecule has 5 nitrogen and oxygen atoms in total. The number of hydrogen-bond acceptors (Lipinski definition) is 5. The Balaban J connectivity index is 2.03. The lowest BCUT2D eigenvalue weighted by Gasteiger charge is -2.11. The summed E-state index contributed by atoms with van der Waals surface area (Å²) in [7, 11) is -3.31. The highest BCUT2D eigenvalue weighted by atomic mass is 32.2. The van der Waals surface area contributed by atoms with E-state index in [0.29, 0.717) is 33.4 Å². The van der Waals surface area contributed by atoms with Crippen LogP contribution in [0.25, 0.3) is 33.4 Å². The fourth-order valence-electron chi connectivity index (χ4n) is 3.08. The van der Waals surface area contributed by atoms with Gasteiger partial charge in [-0.15, -0.1) is 0 Å². The van der Waals surface area contributed by atoms with Crippen LogP contribution in [0.3, 0.4) is 0 Å². The molecule has 4 rings (SSSR count). The monoisotopic (exact) mass is 391 g/mol. The maximum atomic E-state index is 13.3. The van der Waals surface area contributed by atoms with E-state index < -0.39 is 9.84 Å². The van der Waals surface area contributed by atoms with E-state index in [0.717, 1.165) is 11.9 Å². The molecule has 0 radical (unpaired) electrons. The third kappa shape index (κ3) is 3.23. The Morgan fingerprint density at radius 3 is 2.21 bits per heavy atom. The van der Waals surface area contributed by atoms with Gasteiger partial charge in [-0.05, 0) is 49.4 Å². The molecule has 0 atom stereocenters. The number of pyridine rings is 1. The molecule has 0 aliphatic carbocycles. The maximum absolute atomic E-state index is 13.3. The van der Waals surface area contributed by atoms with Crippen LogP contribution in [0, 0.1) is 6.92 Å². The molecule has 2 aromatic heterocycles. The zero-order chi connectivity index (χ0) is 19.9. The molecule has 0 saturated heterocycles. The van der Waals surface area contributed by atoms with Crippen molar-refractivity contribution in [3.63, 3.8) is 0 Å². The minimum Gasteiger partial charge on any atom is -0.455 e. The van der Waals surface area contributed by atoms with Gasteiger partial charge in [-0.1, -0.05) is 18.2 Å². The molecule has 0 saturated carbocycles. The van der Waals surface area contributed by atoms with E-state index in [9.17, 15) is 13.2 Å². The lowest BCUT2D eigenvalue weighted by atomic mass is 9.99. The molecule has 0 spiro atoms. The van der Waals surface area contributed by atoms with Crippen molar-refractivity contribution in [3.05, 3.63) is 82.8 Å². The number of aromatic nitrogens is 1. The van der Waals surface area contributed by atoms with Crippen LogP contribution in [0.4, 0.5) is 0 Å². The summed E-state index contributed by atoms with van der Waals surface area (Å²) in [6.45, 7) is 1.87. The summed E-state index contributed by atoms with van der Waals surface area (Å²) in [6.07, 6.45) is 2.80. The van der Waals surface area contributed by atoms with E-state index in [2.05, 4.69) is 4.98 Å². The molecule has 0 amide bonds. The molecule has 0 aliphatic rings. The summed E-state index contributed by atoms with van der Waals surface area (Å²) in [4.78, 5) is 17.8. The maximum Gasteiger partial charge on any atom is 0.201 e. The number of benzene rings is 2. The summed E-state index contributed by atoms with van der Waals surface area (Å²) < 4.78 is 29.6. The van der Waals surface area contributed by atoms with E-state index in [1.807, 2.05) is 19.1 Å². The van der Waals surface area contributed by atoms with Crippen LogP contribution < -0.4 is 5.43 Å². The van der Waals surface area contributed by atoms with Gasteiger partial charge in [-0.3, -0.25) is 9.78 Å². The van der Waals surface area contributed by atoms with E-state index in [4.69, 9.17) is 4.42 Å². The summed E-state index contributed by atoms with van der Waals surface area (Å²) in [5, 5.41) is 0.481. The number of nitrogens with zero attached hydrogens (tertiary/aromatic N) is 1. The number of hydrogen-bond donors (Lipinski definition) is 0. The first-order valence-electron chi connectivity index (χ1n) is 8.64. The summed E-state index contributed by atoms with van der Waals surface area (Å²) in [6, 6.07) is 17.0. The highest BCUT2D eigenvalue weighted by Crippen LogP contribution is 2.32. The van der Waals surface area contributed by atoms with Crippen LogP contribution >= 0.6 is 0 Å². The van der Waals surface area contributed by atoms with Crippen LogP contribution in [-0.4, -0.2) is 19.7 Å². The quantitative estimate of drug-likeness (QED) is 0.522. The van der Waals surface area contributed by atoms with Gasteiger partial charge in [0.15, 0.2) is 9.84 Å². The smallest absolute Gasteiger partial charge is 0.201 e. The van der Waals surface area contributed by atoms with Crippen LogP contribution in [0.1, 0.15) is 5.69 Å². The number of sulfone groups is 1. The summed E-state index contributed by atoms with van der Waals surface area (Å²) >= 11 is 0. The zero-order valence-corrected chi connectivity index (χ0v) is 16.2. The van der Waals surface area contributed by atoms with Gasteiger partial charge >= 0.3 is 0 Å². The first-order chi connectivity index (χ1) is 13.3. The van der Waals surface area contributed by atoms with E-state index >= 15 is 0 Å². The van der Waals surface area contributed by atoms with Crippen molar-refractivity contribution in [2.45, 2.75) is 11.8 Å². The standard InChI is InChI=1S/C22H17NO4S/c1-14-7-8-16(13-23-14)20-21(24)18-5-3-4-6-19(18)27-22(20)15-9-11-17(12-10-15)28(2,25)26/h3-13H,1-2H3. The van der Waals surface area contributed by atoms with Crippen LogP contribution in [0.2, 0.25) is 0 Å². The van der Waals surface area contributed by atoms with Crippen LogP contribution in [0.15, 0.2) is 81.0 Å². The molecule has 0 unspecified atom stereocenters. The topological polar surface area (TPSA) is 77.2 Å². The summed E-state index contributed by atoms with van der Waals surface area (Å²) in [5.41, 5.74) is 2.82. The minimum absolute atomic E-state index is 0.158. The van der Waals surface area contributed by atoms with E-state index in [1.54, 1.807) is 42.6 Å². The van der Waals surface area contributed by atoms with E-state index in [1.165, 1.54) is 12.1 Å². The second-order valence-electron chi connectivity index (χ2n) is 6.62. The second kappa shape index (κ2) is 6.73.